The summed E-state index contributed by atoms with van der Waals surface area (Å²) in [6, 6.07) is 7.69. The van der Waals surface area contributed by atoms with Crippen molar-refractivity contribution in [2.24, 2.45) is 0 Å². The number of carbonyl (C=O) groups is 1. The predicted molar refractivity (Wildman–Crippen MR) is 66.1 cm³/mol. The summed E-state index contributed by atoms with van der Waals surface area (Å²) >= 11 is 5.96. The van der Waals surface area contributed by atoms with Crippen molar-refractivity contribution in [1.29, 1.82) is 0 Å². The van der Waals surface area contributed by atoms with Crippen LogP contribution in [0, 0.1) is 0 Å². The van der Waals surface area contributed by atoms with Crippen LogP contribution in [0.2, 0.25) is 5.02 Å². The number of hydrogen-bond acceptors (Lipinski definition) is 3. The fourth-order valence-corrected chi connectivity index (χ4v) is 2.28. The molecular weight excluding hydrogens is 224 g/mol. The molecule has 1 aromatic carbocycles. The van der Waals surface area contributed by atoms with Crippen LogP contribution >= 0.6 is 11.6 Å². The van der Waals surface area contributed by atoms with Crippen molar-refractivity contribution >= 4 is 23.6 Å². The van der Waals surface area contributed by atoms with Gasteiger partial charge < -0.3 is 15.0 Å². The second kappa shape index (κ2) is 4.85. The van der Waals surface area contributed by atoms with Crippen molar-refractivity contribution in [2.45, 2.75) is 19.0 Å². The molecule has 2 unspecified atom stereocenters. The number of anilines is 1. The van der Waals surface area contributed by atoms with Gasteiger partial charge in [-0.05, 0) is 25.1 Å². The molecule has 0 aliphatic carbocycles. The van der Waals surface area contributed by atoms with Gasteiger partial charge in [-0.1, -0.05) is 17.7 Å². The third-order valence-electron chi connectivity index (χ3n) is 2.97. The zero-order valence-electron chi connectivity index (χ0n) is 9.19. The zero-order valence-corrected chi connectivity index (χ0v) is 9.95. The second-order valence-corrected chi connectivity index (χ2v) is 4.48. The van der Waals surface area contributed by atoms with Gasteiger partial charge in [0, 0.05) is 29.8 Å². The van der Waals surface area contributed by atoms with E-state index >= 15 is 0 Å². The Morgan fingerprint density at radius 2 is 2.38 bits per heavy atom. The van der Waals surface area contributed by atoms with E-state index < -0.39 is 0 Å². The van der Waals surface area contributed by atoms with Crippen molar-refractivity contribution in [3.63, 3.8) is 0 Å². The second-order valence-electron chi connectivity index (χ2n) is 4.04. The quantitative estimate of drug-likeness (QED) is 0.797. The van der Waals surface area contributed by atoms with Crippen molar-refractivity contribution in [2.75, 3.05) is 18.0 Å². The first-order valence-corrected chi connectivity index (χ1v) is 5.81. The maximum atomic E-state index is 11.1. The number of aldehydes is 1. The number of piperazine rings is 1. The monoisotopic (exact) mass is 238 g/mol. The normalized spacial score (nSPS) is 25.5. The number of rotatable bonds is 2. The summed E-state index contributed by atoms with van der Waals surface area (Å²) < 4.78 is 0. The SMILES string of the molecule is CC1NCCN(c2cccc(Cl)c2)C1C=O. The van der Waals surface area contributed by atoms with E-state index in [1.807, 2.05) is 31.2 Å². The molecule has 4 heteroatoms. The number of benzene rings is 1. The molecule has 1 aromatic rings. The molecule has 0 aromatic heterocycles. The van der Waals surface area contributed by atoms with Crippen LogP contribution in [0.4, 0.5) is 5.69 Å². The Bertz CT molecular complexity index is 383. The van der Waals surface area contributed by atoms with Gasteiger partial charge in [0.25, 0.3) is 0 Å². The lowest BCUT2D eigenvalue weighted by Gasteiger charge is -2.39. The Labute approximate surface area is 100 Å². The third kappa shape index (κ3) is 2.20. The summed E-state index contributed by atoms with van der Waals surface area (Å²) in [5.41, 5.74) is 1.01. The topological polar surface area (TPSA) is 32.3 Å². The van der Waals surface area contributed by atoms with E-state index in [0.29, 0.717) is 5.02 Å². The van der Waals surface area contributed by atoms with Crippen molar-refractivity contribution < 1.29 is 4.79 Å². The zero-order chi connectivity index (χ0) is 11.5. The van der Waals surface area contributed by atoms with E-state index in [0.717, 1.165) is 25.1 Å². The number of halogens is 1. The molecule has 1 heterocycles. The van der Waals surface area contributed by atoms with Crippen LogP contribution in [0.3, 0.4) is 0 Å². The highest BCUT2D eigenvalue weighted by Crippen LogP contribution is 2.23. The molecule has 1 aliphatic heterocycles. The summed E-state index contributed by atoms with van der Waals surface area (Å²) in [6.07, 6.45) is 0.998. The first-order valence-electron chi connectivity index (χ1n) is 5.43. The molecule has 0 bridgehead atoms. The molecule has 1 fully saturated rings. The van der Waals surface area contributed by atoms with Gasteiger partial charge in [-0.15, -0.1) is 0 Å². The van der Waals surface area contributed by atoms with Crippen LogP contribution < -0.4 is 10.2 Å². The fourth-order valence-electron chi connectivity index (χ4n) is 2.10. The number of nitrogens with one attached hydrogen (secondary N) is 1. The molecule has 2 atom stereocenters. The molecule has 0 saturated carbocycles. The van der Waals surface area contributed by atoms with Gasteiger partial charge >= 0.3 is 0 Å². The summed E-state index contributed by atoms with van der Waals surface area (Å²) in [5.74, 6) is 0. The molecule has 1 saturated heterocycles. The molecule has 0 radical (unpaired) electrons. The maximum Gasteiger partial charge on any atom is 0.143 e. The van der Waals surface area contributed by atoms with E-state index in [-0.39, 0.29) is 12.1 Å². The van der Waals surface area contributed by atoms with Crippen LogP contribution in [-0.4, -0.2) is 31.5 Å². The minimum absolute atomic E-state index is 0.118. The van der Waals surface area contributed by atoms with E-state index in [4.69, 9.17) is 11.6 Å². The summed E-state index contributed by atoms with van der Waals surface area (Å²) in [6.45, 7) is 3.74. The molecule has 3 nitrogen and oxygen atoms in total. The molecular formula is C12H15ClN2O. The number of carbonyl (C=O) groups excluding carboxylic acids is 1. The molecule has 1 aliphatic rings. The van der Waals surface area contributed by atoms with Gasteiger partial charge in [0.15, 0.2) is 0 Å². The minimum Gasteiger partial charge on any atom is -0.359 e. The van der Waals surface area contributed by atoms with Gasteiger partial charge in [0.1, 0.15) is 6.29 Å². The van der Waals surface area contributed by atoms with Crippen LogP contribution in [-0.2, 0) is 4.79 Å². The largest absolute Gasteiger partial charge is 0.359 e. The number of hydrogen-bond donors (Lipinski definition) is 1. The first-order chi connectivity index (χ1) is 7.72. The minimum atomic E-state index is -0.118. The van der Waals surface area contributed by atoms with E-state index in [9.17, 15) is 4.79 Å². The first kappa shape index (κ1) is 11.4. The fraction of sp³-hybridized carbons (Fsp3) is 0.417. The molecule has 0 amide bonds. The molecule has 0 spiro atoms. The van der Waals surface area contributed by atoms with Gasteiger partial charge in [-0.25, -0.2) is 0 Å². The van der Waals surface area contributed by atoms with E-state index in [2.05, 4.69) is 10.2 Å². The summed E-state index contributed by atoms with van der Waals surface area (Å²) in [4.78, 5) is 13.2. The Morgan fingerprint density at radius 1 is 1.56 bits per heavy atom. The predicted octanol–water partition coefficient (Wildman–Crippen LogP) is 1.71. The van der Waals surface area contributed by atoms with Crippen LogP contribution in [0.1, 0.15) is 6.92 Å². The summed E-state index contributed by atoms with van der Waals surface area (Å²) in [7, 11) is 0. The molecule has 16 heavy (non-hydrogen) atoms. The van der Waals surface area contributed by atoms with Gasteiger partial charge in [0.05, 0.1) is 6.04 Å². The Hall–Kier alpha value is -1.06. The van der Waals surface area contributed by atoms with Crippen molar-refractivity contribution in [1.82, 2.24) is 5.32 Å². The Morgan fingerprint density at radius 3 is 3.06 bits per heavy atom. The van der Waals surface area contributed by atoms with Crippen LogP contribution in [0.25, 0.3) is 0 Å². The molecule has 86 valence electrons. The average Bonchev–Trinajstić information content (AvgIpc) is 2.28. The van der Waals surface area contributed by atoms with Gasteiger partial charge in [0.2, 0.25) is 0 Å². The highest BCUT2D eigenvalue weighted by Gasteiger charge is 2.27. The summed E-state index contributed by atoms with van der Waals surface area (Å²) in [5, 5.41) is 3.99. The smallest absolute Gasteiger partial charge is 0.143 e. The Kier molecular flexibility index (Phi) is 3.46. The van der Waals surface area contributed by atoms with Crippen LogP contribution in [0.5, 0.6) is 0 Å². The van der Waals surface area contributed by atoms with Crippen LogP contribution in [0.15, 0.2) is 24.3 Å². The Balaban J connectivity index is 2.27. The van der Waals surface area contributed by atoms with Gasteiger partial charge in [-0.3, -0.25) is 0 Å². The molecule has 2 rings (SSSR count). The average molecular weight is 239 g/mol. The lowest BCUT2D eigenvalue weighted by molar-refractivity contribution is -0.109. The third-order valence-corrected chi connectivity index (χ3v) is 3.21. The van der Waals surface area contributed by atoms with Crippen molar-refractivity contribution in [3.8, 4) is 0 Å². The lowest BCUT2D eigenvalue weighted by Crippen LogP contribution is -2.57. The standard InChI is InChI=1S/C12H15ClN2O/c1-9-12(8-16)15(6-5-14-9)11-4-2-3-10(13)7-11/h2-4,7-9,12,14H,5-6H2,1H3. The number of nitrogens with zero attached hydrogens (tertiary/aromatic N) is 1. The highest BCUT2D eigenvalue weighted by atomic mass is 35.5. The van der Waals surface area contributed by atoms with Gasteiger partial charge in [-0.2, -0.15) is 0 Å². The van der Waals surface area contributed by atoms with E-state index in [1.54, 1.807) is 0 Å². The maximum absolute atomic E-state index is 11.1. The highest BCUT2D eigenvalue weighted by molar-refractivity contribution is 6.30. The van der Waals surface area contributed by atoms with E-state index in [1.165, 1.54) is 0 Å². The lowest BCUT2D eigenvalue weighted by atomic mass is 10.1. The van der Waals surface area contributed by atoms with Crippen molar-refractivity contribution in [3.05, 3.63) is 29.3 Å². The molecule has 1 N–H and O–H groups in total.